The number of carbonyl (C=O) groups excluding carboxylic acids is 1. The van der Waals surface area contributed by atoms with Gasteiger partial charge >= 0.3 is 5.97 Å². The van der Waals surface area contributed by atoms with Crippen LogP contribution in [-0.2, 0) is 11.3 Å². The molecule has 0 aliphatic heterocycles. The first-order valence-electron chi connectivity index (χ1n) is 8.14. The third-order valence-electron chi connectivity index (χ3n) is 3.77. The lowest BCUT2D eigenvalue weighted by atomic mass is 10.1. The summed E-state index contributed by atoms with van der Waals surface area (Å²) < 4.78 is 21.1. The summed E-state index contributed by atoms with van der Waals surface area (Å²) in [5.41, 5.74) is 0.534. The van der Waals surface area contributed by atoms with E-state index < -0.39 is 12.6 Å². The van der Waals surface area contributed by atoms with E-state index in [9.17, 15) is 20.1 Å². The van der Waals surface area contributed by atoms with Gasteiger partial charge < -0.3 is 34.3 Å². The monoisotopic (exact) mass is 378 g/mol. The quantitative estimate of drug-likeness (QED) is 0.630. The van der Waals surface area contributed by atoms with Crippen LogP contribution in [-0.4, -0.2) is 42.1 Å². The number of aryl methyl sites for hydroxylation is 1. The fourth-order valence-electron chi connectivity index (χ4n) is 2.63. The Morgan fingerprint density at radius 2 is 1.70 bits per heavy atom. The minimum absolute atomic E-state index is 0.0387. The van der Waals surface area contributed by atoms with Crippen LogP contribution in [0.1, 0.15) is 28.4 Å². The summed E-state index contributed by atoms with van der Waals surface area (Å²) in [7, 11) is 2.76. The van der Waals surface area contributed by atoms with Crippen molar-refractivity contribution in [2.45, 2.75) is 20.5 Å². The van der Waals surface area contributed by atoms with Crippen molar-refractivity contribution in [3.63, 3.8) is 0 Å². The molecule has 0 radical (unpaired) electrons. The Morgan fingerprint density at radius 1 is 1.00 bits per heavy atom. The molecule has 0 bridgehead atoms. The van der Waals surface area contributed by atoms with Gasteiger partial charge in [-0.15, -0.1) is 0 Å². The largest absolute Gasteiger partial charge is 0.507 e. The lowest BCUT2D eigenvalue weighted by Crippen LogP contribution is -2.08. The number of benzene rings is 2. The molecule has 0 unspecified atom stereocenters. The normalized spacial score (nSPS) is 10.4. The number of phenols is 2. The zero-order valence-corrected chi connectivity index (χ0v) is 15.5. The molecule has 0 atom stereocenters. The van der Waals surface area contributed by atoms with Gasteiger partial charge in [0.15, 0.2) is 23.0 Å². The van der Waals surface area contributed by atoms with Gasteiger partial charge in [0.2, 0.25) is 0 Å². The maximum atomic E-state index is 12.2. The number of hydrogen-bond donors (Lipinski definition) is 3. The molecule has 0 fully saturated rings. The molecule has 0 aliphatic rings. The minimum Gasteiger partial charge on any atom is -0.507 e. The SMILES string of the molecule is CCOC(=O)c1c(O)cc(C)cc1Oc1c(O)cc(OC)c(OC)c1CO. The van der Waals surface area contributed by atoms with Crippen molar-refractivity contribution in [3.8, 4) is 34.5 Å². The van der Waals surface area contributed by atoms with Crippen molar-refractivity contribution < 1.29 is 39.1 Å². The molecular formula is C19H22O8. The van der Waals surface area contributed by atoms with Gasteiger partial charge in [0, 0.05) is 6.07 Å². The second kappa shape index (κ2) is 8.50. The Bertz CT molecular complexity index is 844. The molecule has 146 valence electrons. The van der Waals surface area contributed by atoms with E-state index >= 15 is 0 Å². The van der Waals surface area contributed by atoms with Crippen LogP contribution in [0.2, 0.25) is 0 Å². The van der Waals surface area contributed by atoms with Crippen molar-refractivity contribution >= 4 is 5.97 Å². The zero-order chi connectivity index (χ0) is 20.1. The van der Waals surface area contributed by atoms with Gasteiger partial charge in [0.25, 0.3) is 0 Å². The molecule has 0 aromatic heterocycles. The molecule has 0 aliphatic carbocycles. The van der Waals surface area contributed by atoms with E-state index in [4.69, 9.17) is 18.9 Å². The minimum atomic E-state index is -0.782. The van der Waals surface area contributed by atoms with Gasteiger partial charge in [-0.3, -0.25) is 0 Å². The number of phenolic OH excluding ortho intramolecular Hbond substituents is 2. The highest BCUT2D eigenvalue weighted by molar-refractivity contribution is 5.96. The molecule has 0 spiro atoms. The molecule has 0 saturated carbocycles. The average Bonchev–Trinajstić information content (AvgIpc) is 2.62. The van der Waals surface area contributed by atoms with Crippen molar-refractivity contribution in [1.82, 2.24) is 0 Å². The molecule has 0 saturated heterocycles. The molecule has 0 heterocycles. The predicted molar refractivity (Wildman–Crippen MR) is 96.0 cm³/mol. The number of ether oxygens (including phenoxy) is 4. The first-order valence-corrected chi connectivity index (χ1v) is 8.14. The van der Waals surface area contributed by atoms with Crippen LogP contribution in [0.3, 0.4) is 0 Å². The van der Waals surface area contributed by atoms with Gasteiger partial charge in [-0.25, -0.2) is 4.79 Å². The van der Waals surface area contributed by atoms with Crippen molar-refractivity contribution in [1.29, 1.82) is 0 Å². The molecule has 8 nitrogen and oxygen atoms in total. The third kappa shape index (κ3) is 4.01. The average molecular weight is 378 g/mol. The van der Waals surface area contributed by atoms with Crippen LogP contribution in [0.4, 0.5) is 0 Å². The Morgan fingerprint density at radius 3 is 2.26 bits per heavy atom. The first kappa shape index (κ1) is 20.2. The Labute approximate surface area is 156 Å². The Kier molecular flexibility index (Phi) is 6.36. The maximum absolute atomic E-state index is 12.2. The van der Waals surface area contributed by atoms with E-state index in [1.807, 2.05) is 0 Å². The summed E-state index contributed by atoms with van der Waals surface area (Å²) >= 11 is 0. The lowest BCUT2D eigenvalue weighted by molar-refractivity contribution is 0.0520. The summed E-state index contributed by atoms with van der Waals surface area (Å²) in [6, 6.07) is 4.15. The summed E-state index contributed by atoms with van der Waals surface area (Å²) in [6.07, 6.45) is 0. The number of aliphatic hydroxyl groups excluding tert-OH is 1. The highest BCUT2D eigenvalue weighted by Gasteiger charge is 2.25. The van der Waals surface area contributed by atoms with Crippen LogP contribution in [0.25, 0.3) is 0 Å². The van der Waals surface area contributed by atoms with Crippen LogP contribution >= 0.6 is 0 Å². The fourth-order valence-corrected chi connectivity index (χ4v) is 2.63. The van der Waals surface area contributed by atoms with Gasteiger partial charge in [-0.1, -0.05) is 0 Å². The van der Waals surface area contributed by atoms with E-state index in [-0.39, 0.29) is 52.2 Å². The third-order valence-corrected chi connectivity index (χ3v) is 3.77. The van der Waals surface area contributed by atoms with E-state index in [2.05, 4.69) is 0 Å². The van der Waals surface area contributed by atoms with Crippen LogP contribution in [0.5, 0.6) is 34.5 Å². The number of rotatable bonds is 7. The van der Waals surface area contributed by atoms with Gasteiger partial charge in [0.1, 0.15) is 17.1 Å². The molecule has 3 N–H and O–H groups in total. The number of carbonyl (C=O) groups is 1. The molecule has 27 heavy (non-hydrogen) atoms. The first-order chi connectivity index (χ1) is 12.9. The highest BCUT2D eigenvalue weighted by Crippen LogP contribution is 2.46. The van der Waals surface area contributed by atoms with Gasteiger partial charge in [-0.05, 0) is 31.5 Å². The van der Waals surface area contributed by atoms with Gasteiger partial charge in [-0.2, -0.15) is 0 Å². The lowest BCUT2D eigenvalue weighted by Gasteiger charge is -2.19. The molecule has 2 aromatic carbocycles. The Hall–Kier alpha value is -3.13. The topological polar surface area (TPSA) is 115 Å². The number of hydrogen-bond acceptors (Lipinski definition) is 8. The van der Waals surface area contributed by atoms with E-state index in [0.29, 0.717) is 5.56 Å². The van der Waals surface area contributed by atoms with Crippen molar-refractivity contribution in [2.24, 2.45) is 0 Å². The second-order valence-electron chi connectivity index (χ2n) is 5.58. The number of esters is 1. The molecule has 2 rings (SSSR count). The second-order valence-corrected chi connectivity index (χ2v) is 5.58. The van der Waals surface area contributed by atoms with Crippen molar-refractivity contribution in [2.75, 3.05) is 20.8 Å². The summed E-state index contributed by atoms with van der Waals surface area (Å²) in [5.74, 6) is -1.25. The number of aliphatic hydroxyl groups is 1. The molecule has 2 aromatic rings. The summed E-state index contributed by atoms with van der Waals surface area (Å²) in [4.78, 5) is 12.2. The molecule has 0 amide bonds. The smallest absolute Gasteiger partial charge is 0.345 e. The molecule has 8 heteroatoms. The van der Waals surface area contributed by atoms with Crippen LogP contribution < -0.4 is 14.2 Å². The van der Waals surface area contributed by atoms with E-state index in [0.717, 1.165) is 0 Å². The van der Waals surface area contributed by atoms with Crippen LogP contribution in [0.15, 0.2) is 18.2 Å². The maximum Gasteiger partial charge on any atom is 0.345 e. The predicted octanol–water partition coefficient (Wildman–Crippen LogP) is 2.88. The number of methoxy groups -OCH3 is 2. The van der Waals surface area contributed by atoms with E-state index in [1.54, 1.807) is 13.8 Å². The fraction of sp³-hybridized carbons (Fsp3) is 0.316. The zero-order valence-electron chi connectivity index (χ0n) is 15.5. The standard InChI is InChI=1S/C19H22O8/c1-5-26-19(23)16-12(21)6-10(2)7-14(16)27-17-11(9-20)18(25-4)15(24-3)8-13(17)22/h6-8,20-22H,5,9H2,1-4H3. The van der Waals surface area contributed by atoms with Crippen LogP contribution in [0, 0.1) is 6.92 Å². The Balaban J connectivity index is 2.65. The van der Waals surface area contributed by atoms with Gasteiger partial charge in [0.05, 0.1) is 33.0 Å². The molecular weight excluding hydrogens is 356 g/mol. The summed E-state index contributed by atoms with van der Waals surface area (Å²) in [5, 5.41) is 30.3. The highest BCUT2D eigenvalue weighted by atomic mass is 16.5. The van der Waals surface area contributed by atoms with Crippen molar-refractivity contribution in [3.05, 3.63) is 34.9 Å². The number of aromatic hydroxyl groups is 2. The summed E-state index contributed by atoms with van der Waals surface area (Å²) in [6.45, 7) is 2.90. The van der Waals surface area contributed by atoms with E-state index in [1.165, 1.54) is 32.4 Å².